The van der Waals surface area contributed by atoms with Crippen molar-refractivity contribution in [2.75, 3.05) is 0 Å². The average molecular weight is 307 g/mol. The van der Waals surface area contributed by atoms with Gasteiger partial charge in [-0.05, 0) is 34.4 Å². The maximum absolute atomic E-state index is 4.42. The topological polar surface area (TPSA) is 12.9 Å². The van der Waals surface area contributed by atoms with Gasteiger partial charge in [-0.1, -0.05) is 84.9 Å². The summed E-state index contributed by atoms with van der Waals surface area (Å²) in [5, 5.41) is 0. The van der Waals surface area contributed by atoms with E-state index < -0.39 is 0 Å². The summed E-state index contributed by atoms with van der Waals surface area (Å²) in [5.74, 6) is 0. The maximum atomic E-state index is 4.42. The van der Waals surface area contributed by atoms with E-state index in [1.807, 2.05) is 30.5 Å². The van der Waals surface area contributed by atoms with Gasteiger partial charge in [0, 0.05) is 11.8 Å². The van der Waals surface area contributed by atoms with Crippen molar-refractivity contribution in [1.29, 1.82) is 0 Å². The van der Waals surface area contributed by atoms with Crippen LogP contribution < -0.4 is 0 Å². The SMILES string of the molecule is c1ccc(-c2ccccc2-c2ccc(-c3ccccn3)cc2)cc1. The van der Waals surface area contributed by atoms with Gasteiger partial charge in [0.15, 0.2) is 0 Å². The molecule has 1 aromatic heterocycles. The summed E-state index contributed by atoms with van der Waals surface area (Å²) in [7, 11) is 0. The predicted octanol–water partition coefficient (Wildman–Crippen LogP) is 6.08. The van der Waals surface area contributed by atoms with Gasteiger partial charge in [-0.2, -0.15) is 0 Å². The summed E-state index contributed by atoms with van der Waals surface area (Å²) in [4.78, 5) is 4.42. The maximum Gasteiger partial charge on any atom is 0.0701 e. The highest BCUT2D eigenvalue weighted by molar-refractivity contribution is 5.84. The van der Waals surface area contributed by atoms with Crippen molar-refractivity contribution >= 4 is 0 Å². The Bertz CT molecular complexity index is 926. The molecule has 0 saturated carbocycles. The molecule has 0 N–H and O–H groups in total. The third-order valence-electron chi connectivity index (χ3n) is 4.17. The second-order valence-corrected chi connectivity index (χ2v) is 5.70. The molecule has 4 rings (SSSR count). The zero-order valence-electron chi connectivity index (χ0n) is 13.3. The molecule has 24 heavy (non-hydrogen) atoms. The molecule has 0 radical (unpaired) electrons. The number of hydrogen-bond acceptors (Lipinski definition) is 1. The van der Waals surface area contributed by atoms with E-state index in [1.165, 1.54) is 22.3 Å². The lowest BCUT2D eigenvalue weighted by atomic mass is 9.94. The summed E-state index contributed by atoms with van der Waals surface area (Å²) in [6.45, 7) is 0. The molecule has 0 saturated heterocycles. The largest absolute Gasteiger partial charge is 0.256 e. The highest BCUT2D eigenvalue weighted by Gasteiger charge is 2.07. The van der Waals surface area contributed by atoms with Gasteiger partial charge in [0.2, 0.25) is 0 Å². The van der Waals surface area contributed by atoms with Crippen LogP contribution in [-0.2, 0) is 0 Å². The molecule has 0 aliphatic heterocycles. The van der Waals surface area contributed by atoms with Crippen molar-refractivity contribution in [2.24, 2.45) is 0 Å². The average Bonchev–Trinajstić information content (AvgIpc) is 2.69. The number of benzene rings is 3. The third kappa shape index (κ3) is 2.84. The third-order valence-corrected chi connectivity index (χ3v) is 4.17. The van der Waals surface area contributed by atoms with E-state index >= 15 is 0 Å². The summed E-state index contributed by atoms with van der Waals surface area (Å²) < 4.78 is 0. The van der Waals surface area contributed by atoms with Crippen LogP contribution in [0.3, 0.4) is 0 Å². The molecule has 0 spiro atoms. The smallest absolute Gasteiger partial charge is 0.0701 e. The number of aromatic nitrogens is 1. The summed E-state index contributed by atoms with van der Waals surface area (Å²) >= 11 is 0. The van der Waals surface area contributed by atoms with Crippen LogP contribution in [0.4, 0.5) is 0 Å². The van der Waals surface area contributed by atoms with Crippen LogP contribution >= 0.6 is 0 Å². The molecule has 0 unspecified atom stereocenters. The van der Waals surface area contributed by atoms with Crippen molar-refractivity contribution in [1.82, 2.24) is 4.98 Å². The van der Waals surface area contributed by atoms with Gasteiger partial charge in [-0.15, -0.1) is 0 Å². The summed E-state index contributed by atoms with van der Waals surface area (Å²) in [5.41, 5.74) is 7.09. The van der Waals surface area contributed by atoms with Crippen LogP contribution in [0.1, 0.15) is 0 Å². The first-order chi connectivity index (χ1) is 11.9. The minimum atomic E-state index is 1.00. The number of pyridine rings is 1. The van der Waals surface area contributed by atoms with E-state index in [-0.39, 0.29) is 0 Å². The standard InChI is InChI=1S/C23H17N/c1-2-8-18(9-3-1)21-10-4-5-11-22(21)19-13-15-20(16-14-19)23-12-6-7-17-24-23/h1-17H. The lowest BCUT2D eigenvalue weighted by Gasteiger charge is -2.11. The second-order valence-electron chi connectivity index (χ2n) is 5.70. The molecule has 1 nitrogen and oxygen atoms in total. The second kappa shape index (κ2) is 6.51. The van der Waals surface area contributed by atoms with Crippen LogP contribution in [0, 0.1) is 0 Å². The van der Waals surface area contributed by atoms with Gasteiger partial charge in [-0.25, -0.2) is 0 Å². The van der Waals surface area contributed by atoms with Crippen LogP contribution in [0.5, 0.6) is 0 Å². The Morgan fingerprint density at radius 2 is 0.958 bits per heavy atom. The monoisotopic (exact) mass is 307 g/mol. The first kappa shape index (κ1) is 14.4. The number of nitrogens with zero attached hydrogens (tertiary/aromatic N) is 1. The molecule has 0 bridgehead atoms. The molecular formula is C23H17N. The molecule has 1 heteroatoms. The Morgan fingerprint density at radius 3 is 1.58 bits per heavy atom. The Morgan fingerprint density at radius 1 is 0.417 bits per heavy atom. The van der Waals surface area contributed by atoms with E-state index in [0.717, 1.165) is 11.3 Å². The van der Waals surface area contributed by atoms with Crippen molar-refractivity contribution < 1.29 is 0 Å². The van der Waals surface area contributed by atoms with Gasteiger partial charge < -0.3 is 0 Å². The Kier molecular flexibility index (Phi) is 3.91. The lowest BCUT2D eigenvalue weighted by Crippen LogP contribution is -1.86. The van der Waals surface area contributed by atoms with Crippen LogP contribution in [0.2, 0.25) is 0 Å². The van der Waals surface area contributed by atoms with Crippen LogP contribution in [-0.4, -0.2) is 4.98 Å². The van der Waals surface area contributed by atoms with Crippen molar-refractivity contribution in [3.8, 4) is 33.5 Å². The van der Waals surface area contributed by atoms with E-state index in [0.29, 0.717) is 0 Å². The predicted molar refractivity (Wildman–Crippen MR) is 101 cm³/mol. The fourth-order valence-electron chi connectivity index (χ4n) is 2.96. The van der Waals surface area contributed by atoms with E-state index in [1.54, 1.807) is 0 Å². The zero-order valence-corrected chi connectivity index (χ0v) is 13.3. The highest BCUT2D eigenvalue weighted by atomic mass is 14.7. The van der Waals surface area contributed by atoms with Gasteiger partial charge in [0.25, 0.3) is 0 Å². The van der Waals surface area contributed by atoms with Crippen LogP contribution in [0.25, 0.3) is 33.5 Å². The van der Waals surface area contributed by atoms with Gasteiger partial charge >= 0.3 is 0 Å². The number of rotatable bonds is 3. The molecular weight excluding hydrogens is 290 g/mol. The van der Waals surface area contributed by atoms with Gasteiger partial charge in [-0.3, -0.25) is 4.98 Å². The van der Waals surface area contributed by atoms with Gasteiger partial charge in [0.05, 0.1) is 5.69 Å². The molecule has 4 aromatic rings. The zero-order chi connectivity index (χ0) is 16.2. The normalized spacial score (nSPS) is 10.5. The van der Waals surface area contributed by atoms with Crippen molar-refractivity contribution in [3.05, 3.63) is 103 Å². The molecule has 0 aliphatic carbocycles. The summed E-state index contributed by atoms with van der Waals surface area (Å²) in [6.07, 6.45) is 1.83. The van der Waals surface area contributed by atoms with Crippen molar-refractivity contribution in [3.63, 3.8) is 0 Å². The van der Waals surface area contributed by atoms with E-state index in [9.17, 15) is 0 Å². The highest BCUT2D eigenvalue weighted by Crippen LogP contribution is 2.32. The fourth-order valence-corrected chi connectivity index (χ4v) is 2.96. The molecule has 0 atom stereocenters. The molecule has 0 aliphatic rings. The van der Waals surface area contributed by atoms with E-state index in [4.69, 9.17) is 0 Å². The Labute approximate surface area is 142 Å². The Balaban J connectivity index is 1.75. The molecule has 0 fully saturated rings. The minimum Gasteiger partial charge on any atom is -0.256 e. The fraction of sp³-hybridized carbons (Fsp3) is 0. The first-order valence-corrected chi connectivity index (χ1v) is 8.08. The van der Waals surface area contributed by atoms with Crippen LogP contribution in [0.15, 0.2) is 103 Å². The quantitative estimate of drug-likeness (QED) is 0.447. The molecule has 1 heterocycles. The van der Waals surface area contributed by atoms with Crippen molar-refractivity contribution in [2.45, 2.75) is 0 Å². The molecule has 3 aromatic carbocycles. The molecule has 0 amide bonds. The molecule has 114 valence electrons. The number of hydrogen-bond donors (Lipinski definition) is 0. The lowest BCUT2D eigenvalue weighted by molar-refractivity contribution is 1.33. The van der Waals surface area contributed by atoms with Gasteiger partial charge in [0.1, 0.15) is 0 Å². The van der Waals surface area contributed by atoms with E-state index in [2.05, 4.69) is 77.8 Å². The Hall–Kier alpha value is -3.19. The first-order valence-electron chi connectivity index (χ1n) is 8.08. The summed E-state index contributed by atoms with van der Waals surface area (Å²) in [6, 6.07) is 33.7. The minimum absolute atomic E-state index is 1.00.